The zero-order valence-electron chi connectivity index (χ0n) is 15.6. The maximum Gasteiger partial charge on any atom is 0.305 e. The van der Waals surface area contributed by atoms with Gasteiger partial charge in [-0.2, -0.15) is 0 Å². The minimum Gasteiger partial charge on any atom is -0.469 e. The molecule has 2 heterocycles. The van der Waals surface area contributed by atoms with Crippen LogP contribution in [0.5, 0.6) is 0 Å². The van der Waals surface area contributed by atoms with Crippen molar-refractivity contribution in [2.24, 2.45) is 11.7 Å². The molecule has 1 saturated heterocycles. The monoisotopic (exact) mass is 362 g/mol. The molecule has 26 heavy (non-hydrogen) atoms. The molecule has 7 nitrogen and oxygen atoms in total. The number of piperidine rings is 1. The first kappa shape index (κ1) is 18.9. The van der Waals surface area contributed by atoms with Crippen LogP contribution in [0, 0.1) is 5.92 Å². The average Bonchev–Trinajstić information content (AvgIpc) is 3.13. The zero-order chi connectivity index (χ0) is 18.5. The summed E-state index contributed by atoms with van der Waals surface area (Å²) in [5.74, 6) is 0.790. The topological polar surface area (TPSA) is 99.2 Å². The highest BCUT2D eigenvalue weighted by molar-refractivity contribution is 5.89. The Morgan fingerprint density at radius 2 is 1.92 bits per heavy atom. The third-order valence-corrected chi connectivity index (χ3v) is 5.92. The molecule has 0 atom stereocenters. The van der Waals surface area contributed by atoms with Gasteiger partial charge in [0.2, 0.25) is 0 Å². The molecule has 2 aliphatic rings. The van der Waals surface area contributed by atoms with Crippen LogP contribution in [0.1, 0.15) is 79.6 Å². The van der Waals surface area contributed by atoms with Gasteiger partial charge in [0.15, 0.2) is 5.82 Å². The fourth-order valence-electron chi connectivity index (χ4n) is 4.33. The number of methoxy groups -OCH3 is 1. The number of nitrogens with two attached hydrogens (primary N) is 1. The Balaban J connectivity index is 1.63. The molecular weight excluding hydrogens is 332 g/mol. The second-order valence-corrected chi connectivity index (χ2v) is 7.57. The van der Waals surface area contributed by atoms with Crippen molar-refractivity contribution >= 4 is 11.9 Å². The van der Waals surface area contributed by atoms with Crippen molar-refractivity contribution < 1.29 is 14.3 Å². The lowest BCUT2D eigenvalue weighted by Gasteiger charge is -2.27. The number of nitrogens with zero attached hydrogens (tertiary/aromatic N) is 2. The minimum absolute atomic E-state index is 0.126. The number of carbonyl (C=O) groups is 2. The molecule has 1 aromatic rings. The van der Waals surface area contributed by atoms with Crippen LogP contribution in [0.15, 0.2) is 6.20 Å². The predicted molar refractivity (Wildman–Crippen MR) is 97.8 cm³/mol. The zero-order valence-corrected chi connectivity index (χ0v) is 15.6. The number of aromatic nitrogens is 2. The number of primary amides is 1. The van der Waals surface area contributed by atoms with E-state index in [2.05, 4.69) is 16.5 Å². The van der Waals surface area contributed by atoms with Crippen molar-refractivity contribution in [1.82, 2.24) is 14.9 Å². The van der Waals surface area contributed by atoms with E-state index in [0.29, 0.717) is 30.1 Å². The molecule has 0 radical (unpaired) electrons. The Kier molecular flexibility index (Phi) is 6.29. The average molecular weight is 362 g/mol. The van der Waals surface area contributed by atoms with Crippen LogP contribution in [-0.2, 0) is 9.53 Å². The molecule has 3 N–H and O–H groups in total. The quantitative estimate of drug-likeness (QED) is 0.755. The van der Waals surface area contributed by atoms with Crippen LogP contribution in [-0.4, -0.2) is 41.6 Å². The van der Waals surface area contributed by atoms with Crippen molar-refractivity contribution in [3.8, 4) is 0 Å². The third kappa shape index (κ3) is 4.44. The van der Waals surface area contributed by atoms with E-state index in [1.807, 2.05) is 4.57 Å². The molecule has 1 saturated carbocycles. The lowest BCUT2D eigenvalue weighted by molar-refractivity contribution is -0.141. The molecular formula is C19H30N4O3. The van der Waals surface area contributed by atoms with Gasteiger partial charge in [0.05, 0.1) is 12.8 Å². The highest BCUT2D eigenvalue weighted by Gasteiger charge is 2.28. The number of amides is 1. The smallest absolute Gasteiger partial charge is 0.305 e. The van der Waals surface area contributed by atoms with Crippen molar-refractivity contribution in [3.63, 3.8) is 0 Å². The molecule has 0 spiro atoms. The maximum absolute atomic E-state index is 11.9. The van der Waals surface area contributed by atoms with Gasteiger partial charge in [-0.15, -0.1) is 0 Å². The van der Waals surface area contributed by atoms with Crippen LogP contribution in [0.2, 0.25) is 0 Å². The van der Waals surface area contributed by atoms with Gasteiger partial charge >= 0.3 is 5.97 Å². The molecule has 144 valence electrons. The fourth-order valence-corrected chi connectivity index (χ4v) is 4.33. The lowest BCUT2D eigenvalue weighted by Crippen LogP contribution is -2.31. The summed E-state index contributed by atoms with van der Waals surface area (Å²) >= 11 is 0. The van der Waals surface area contributed by atoms with E-state index in [-0.39, 0.29) is 5.97 Å². The molecule has 0 bridgehead atoms. The van der Waals surface area contributed by atoms with Crippen LogP contribution >= 0.6 is 0 Å². The van der Waals surface area contributed by atoms with Crippen molar-refractivity contribution in [2.45, 2.75) is 63.3 Å². The molecule has 1 aromatic heterocycles. The van der Waals surface area contributed by atoms with E-state index in [0.717, 1.165) is 63.7 Å². The number of nitrogens with one attached hydrogen (secondary N) is 1. The standard InChI is InChI=1S/C19H30N4O3/c1-26-17(24)7-4-13-2-5-14(6-3-13)16-12-23(19(22-16)18(20)25)15-8-10-21-11-9-15/h12-15,21H,2-11H2,1H3,(H2,20,25). The predicted octanol–water partition coefficient (Wildman–Crippen LogP) is 2.13. The summed E-state index contributed by atoms with van der Waals surface area (Å²) in [4.78, 5) is 27.8. The largest absolute Gasteiger partial charge is 0.469 e. The Labute approximate surface area is 154 Å². The fraction of sp³-hybridized carbons (Fsp3) is 0.737. The second kappa shape index (κ2) is 8.66. The second-order valence-electron chi connectivity index (χ2n) is 7.57. The summed E-state index contributed by atoms with van der Waals surface area (Å²) in [7, 11) is 1.44. The maximum atomic E-state index is 11.9. The van der Waals surface area contributed by atoms with E-state index in [1.54, 1.807) is 0 Å². The Hall–Kier alpha value is -1.89. The molecule has 2 fully saturated rings. The summed E-state index contributed by atoms with van der Waals surface area (Å²) in [6.07, 6.45) is 9.74. The Morgan fingerprint density at radius 3 is 2.54 bits per heavy atom. The third-order valence-electron chi connectivity index (χ3n) is 5.92. The minimum atomic E-state index is -0.443. The normalized spacial score (nSPS) is 24.3. The number of ether oxygens (including phenoxy) is 1. The van der Waals surface area contributed by atoms with Crippen molar-refractivity contribution in [3.05, 3.63) is 17.7 Å². The van der Waals surface area contributed by atoms with E-state index < -0.39 is 5.91 Å². The molecule has 1 aliphatic heterocycles. The van der Waals surface area contributed by atoms with E-state index >= 15 is 0 Å². The van der Waals surface area contributed by atoms with E-state index in [1.165, 1.54) is 7.11 Å². The lowest BCUT2D eigenvalue weighted by atomic mass is 9.79. The molecule has 0 unspecified atom stereocenters. The van der Waals surface area contributed by atoms with E-state index in [9.17, 15) is 9.59 Å². The SMILES string of the molecule is COC(=O)CCC1CCC(c2cn(C3CCNCC3)c(C(N)=O)n2)CC1. The van der Waals surface area contributed by atoms with E-state index in [4.69, 9.17) is 10.5 Å². The molecule has 3 rings (SSSR count). The Morgan fingerprint density at radius 1 is 1.23 bits per heavy atom. The van der Waals surface area contributed by atoms with Gasteiger partial charge in [-0.25, -0.2) is 4.98 Å². The van der Waals surface area contributed by atoms with Gasteiger partial charge in [0.25, 0.3) is 5.91 Å². The summed E-state index contributed by atoms with van der Waals surface area (Å²) in [5.41, 5.74) is 6.59. The van der Waals surface area contributed by atoms with Crippen LogP contribution in [0.4, 0.5) is 0 Å². The summed E-state index contributed by atoms with van der Waals surface area (Å²) in [6.45, 7) is 1.92. The van der Waals surface area contributed by atoms with Gasteiger partial charge in [-0.05, 0) is 64.0 Å². The van der Waals surface area contributed by atoms with Crippen molar-refractivity contribution in [1.29, 1.82) is 0 Å². The number of carbonyl (C=O) groups excluding carboxylic acids is 2. The van der Waals surface area contributed by atoms with Gasteiger partial charge in [-0.1, -0.05) is 0 Å². The van der Waals surface area contributed by atoms with Crippen LogP contribution < -0.4 is 11.1 Å². The summed E-state index contributed by atoms with van der Waals surface area (Å²) < 4.78 is 6.74. The molecule has 7 heteroatoms. The number of hydrogen-bond donors (Lipinski definition) is 2. The summed E-state index contributed by atoms with van der Waals surface area (Å²) in [6, 6.07) is 0.302. The highest BCUT2D eigenvalue weighted by Crippen LogP contribution is 2.37. The first-order valence-electron chi connectivity index (χ1n) is 9.74. The van der Waals surface area contributed by atoms with Crippen LogP contribution in [0.25, 0.3) is 0 Å². The van der Waals surface area contributed by atoms with Gasteiger partial charge in [0.1, 0.15) is 0 Å². The number of hydrogen-bond acceptors (Lipinski definition) is 5. The number of rotatable bonds is 6. The molecule has 1 aliphatic carbocycles. The molecule has 1 amide bonds. The van der Waals surface area contributed by atoms with Gasteiger partial charge < -0.3 is 20.4 Å². The highest BCUT2D eigenvalue weighted by atomic mass is 16.5. The number of imidazole rings is 1. The van der Waals surface area contributed by atoms with Crippen molar-refractivity contribution in [2.75, 3.05) is 20.2 Å². The first-order valence-corrected chi connectivity index (χ1v) is 9.74. The molecule has 0 aromatic carbocycles. The van der Waals surface area contributed by atoms with Gasteiger partial charge in [0, 0.05) is 24.6 Å². The Bertz CT molecular complexity index is 629. The summed E-state index contributed by atoms with van der Waals surface area (Å²) in [5, 5.41) is 3.35. The van der Waals surface area contributed by atoms with Gasteiger partial charge in [-0.3, -0.25) is 9.59 Å². The first-order chi connectivity index (χ1) is 12.6. The number of esters is 1. The van der Waals surface area contributed by atoms with Crippen LogP contribution in [0.3, 0.4) is 0 Å².